The Bertz CT molecular complexity index is 513. The molecule has 18 heavy (non-hydrogen) atoms. The largest absolute Gasteiger partial charge is 0.477 e. The van der Waals surface area contributed by atoms with Gasteiger partial charge in [0.25, 0.3) is 0 Å². The van der Waals surface area contributed by atoms with Gasteiger partial charge in [-0.05, 0) is 17.7 Å². The Morgan fingerprint density at radius 2 is 2.11 bits per heavy atom. The fourth-order valence-electron chi connectivity index (χ4n) is 1.07. The van der Waals surface area contributed by atoms with E-state index in [9.17, 15) is 13.2 Å². The average molecular weight is 277 g/mol. The monoisotopic (exact) mass is 277 g/mol. The van der Waals surface area contributed by atoms with E-state index >= 15 is 0 Å². The molecule has 0 aliphatic rings. The summed E-state index contributed by atoms with van der Waals surface area (Å²) in [6, 6.07) is 2.90. The van der Waals surface area contributed by atoms with E-state index < -0.39 is 16.4 Å². The Labute approximate surface area is 103 Å². The number of ether oxygens (including phenoxy) is 1. The minimum atomic E-state index is -4.45. The van der Waals surface area contributed by atoms with E-state index in [0.717, 1.165) is 0 Å². The van der Waals surface area contributed by atoms with E-state index in [2.05, 4.69) is 9.17 Å². The molecule has 0 bridgehead atoms. The number of hydrogen-bond acceptors (Lipinski definition) is 6. The minimum absolute atomic E-state index is 0.0650. The van der Waals surface area contributed by atoms with Crippen LogP contribution in [-0.2, 0) is 25.9 Å². The molecule has 0 radical (unpaired) electrons. The van der Waals surface area contributed by atoms with Gasteiger partial charge in [-0.3, -0.25) is 4.55 Å². The Morgan fingerprint density at radius 3 is 2.72 bits per heavy atom. The summed E-state index contributed by atoms with van der Waals surface area (Å²) in [5.41, 5.74) is 0.472. The quantitative estimate of drug-likeness (QED) is 0.532. The molecular formula is C9H11NO7S. The van der Waals surface area contributed by atoms with Crippen molar-refractivity contribution in [2.45, 2.75) is 6.61 Å². The van der Waals surface area contributed by atoms with Crippen LogP contribution in [0.2, 0.25) is 0 Å². The predicted molar refractivity (Wildman–Crippen MR) is 58.4 cm³/mol. The van der Waals surface area contributed by atoms with Crippen LogP contribution in [0.3, 0.4) is 0 Å². The van der Waals surface area contributed by atoms with Crippen molar-refractivity contribution in [3.8, 4) is 0 Å². The first kappa shape index (κ1) is 14.5. The third kappa shape index (κ3) is 5.68. The third-order valence-corrected chi connectivity index (χ3v) is 2.24. The van der Waals surface area contributed by atoms with Gasteiger partial charge in [-0.2, -0.15) is 8.42 Å². The molecule has 100 valence electrons. The summed E-state index contributed by atoms with van der Waals surface area (Å²) in [7, 11) is -4.45. The highest BCUT2D eigenvalue weighted by atomic mass is 32.3. The zero-order chi connectivity index (χ0) is 13.6. The second-order valence-electron chi connectivity index (χ2n) is 3.16. The van der Waals surface area contributed by atoms with Crippen molar-refractivity contribution >= 4 is 16.4 Å². The maximum Gasteiger partial charge on any atom is 0.397 e. The molecule has 1 heterocycles. The number of nitrogens with zero attached hydrogens (tertiary/aromatic N) is 1. The molecule has 0 aromatic carbocycles. The summed E-state index contributed by atoms with van der Waals surface area (Å²) in [5, 5.41) is 8.69. The fourth-order valence-corrected chi connectivity index (χ4v) is 1.35. The highest BCUT2D eigenvalue weighted by Crippen LogP contribution is 2.03. The van der Waals surface area contributed by atoms with Crippen LogP contribution in [0.1, 0.15) is 16.1 Å². The number of carboxylic acid groups (broad SMARTS) is 1. The SMILES string of the molecule is O=C(O)c1cc(COCCOS(=O)(=O)O)ccn1. The van der Waals surface area contributed by atoms with E-state index in [1.807, 2.05) is 0 Å². The predicted octanol–water partition coefficient (Wildman–Crippen LogP) is 0.116. The highest BCUT2D eigenvalue weighted by Gasteiger charge is 2.06. The standard InChI is InChI=1S/C9H11NO7S/c11-9(12)8-5-7(1-2-10-8)6-16-3-4-17-18(13,14)15/h1-2,5H,3-4,6H2,(H,11,12)(H,13,14,15). The normalized spacial score (nSPS) is 11.4. The van der Waals surface area contributed by atoms with Gasteiger partial charge in [0.2, 0.25) is 0 Å². The number of carboxylic acids is 1. The lowest BCUT2D eigenvalue weighted by molar-refractivity contribution is 0.0688. The topological polar surface area (TPSA) is 123 Å². The summed E-state index contributed by atoms with van der Waals surface area (Å²) in [6.45, 7) is -0.308. The van der Waals surface area contributed by atoms with Gasteiger partial charge in [-0.25, -0.2) is 14.0 Å². The lowest BCUT2D eigenvalue weighted by Crippen LogP contribution is -2.10. The number of hydrogen-bond donors (Lipinski definition) is 2. The zero-order valence-corrected chi connectivity index (χ0v) is 9.96. The van der Waals surface area contributed by atoms with E-state index in [-0.39, 0.29) is 25.5 Å². The molecule has 1 aromatic rings. The molecule has 0 fully saturated rings. The minimum Gasteiger partial charge on any atom is -0.477 e. The van der Waals surface area contributed by atoms with Gasteiger partial charge >= 0.3 is 16.4 Å². The molecule has 1 rings (SSSR count). The maximum absolute atomic E-state index is 10.6. The number of rotatable bonds is 7. The van der Waals surface area contributed by atoms with Gasteiger partial charge in [0.05, 0.1) is 19.8 Å². The first-order valence-electron chi connectivity index (χ1n) is 4.76. The molecule has 0 spiro atoms. The molecule has 0 unspecified atom stereocenters. The van der Waals surface area contributed by atoms with Gasteiger partial charge in [0.15, 0.2) is 0 Å². The van der Waals surface area contributed by atoms with Crippen LogP contribution in [0, 0.1) is 0 Å². The zero-order valence-electron chi connectivity index (χ0n) is 9.14. The molecule has 0 saturated heterocycles. The lowest BCUT2D eigenvalue weighted by Gasteiger charge is -2.04. The van der Waals surface area contributed by atoms with Crippen LogP contribution in [0.25, 0.3) is 0 Å². The van der Waals surface area contributed by atoms with Crippen molar-refractivity contribution < 1.29 is 31.8 Å². The fraction of sp³-hybridized carbons (Fsp3) is 0.333. The van der Waals surface area contributed by atoms with Crippen LogP contribution in [0.4, 0.5) is 0 Å². The molecule has 8 nitrogen and oxygen atoms in total. The van der Waals surface area contributed by atoms with Crippen molar-refractivity contribution in [3.05, 3.63) is 29.6 Å². The smallest absolute Gasteiger partial charge is 0.397 e. The molecule has 0 atom stereocenters. The number of aromatic carboxylic acids is 1. The molecule has 1 aromatic heterocycles. The van der Waals surface area contributed by atoms with Crippen LogP contribution >= 0.6 is 0 Å². The van der Waals surface area contributed by atoms with Crippen LogP contribution in [-0.4, -0.2) is 42.2 Å². The van der Waals surface area contributed by atoms with Crippen molar-refractivity contribution in [2.24, 2.45) is 0 Å². The molecule has 0 aliphatic heterocycles. The Hall–Kier alpha value is -1.55. The summed E-state index contributed by atoms with van der Waals surface area (Å²) < 4.78 is 37.7. The Balaban J connectivity index is 2.36. The molecule has 9 heteroatoms. The summed E-state index contributed by atoms with van der Waals surface area (Å²) >= 11 is 0. The molecule has 0 aliphatic carbocycles. The Kier molecular flexibility index (Phi) is 5.16. The molecule has 0 amide bonds. The van der Waals surface area contributed by atoms with E-state index in [1.54, 1.807) is 6.07 Å². The van der Waals surface area contributed by atoms with E-state index in [0.29, 0.717) is 5.56 Å². The lowest BCUT2D eigenvalue weighted by atomic mass is 10.2. The first-order valence-corrected chi connectivity index (χ1v) is 6.13. The Morgan fingerprint density at radius 1 is 1.39 bits per heavy atom. The van der Waals surface area contributed by atoms with Gasteiger partial charge in [0.1, 0.15) is 5.69 Å². The highest BCUT2D eigenvalue weighted by molar-refractivity contribution is 7.80. The molecular weight excluding hydrogens is 266 g/mol. The first-order chi connectivity index (χ1) is 8.38. The van der Waals surface area contributed by atoms with Gasteiger partial charge in [0, 0.05) is 6.20 Å². The van der Waals surface area contributed by atoms with Crippen molar-refractivity contribution in [2.75, 3.05) is 13.2 Å². The van der Waals surface area contributed by atoms with Crippen molar-refractivity contribution in [3.63, 3.8) is 0 Å². The van der Waals surface area contributed by atoms with Crippen LogP contribution in [0.5, 0.6) is 0 Å². The number of carbonyl (C=O) groups is 1. The van der Waals surface area contributed by atoms with Gasteiger partial charge in [-0.15, -0.1) is 0 Å². The second-order valence-corrected chi connectivity index (χ2v) is 4.25. The van der Waals surface area contributed by atoms with Crippen molar-refractivity contribution in [1.82, 2.24) is 4.98 Å². The van der Waals surface area contributed by atoms with Crippen molar-refractivity contribution in [1.29, 1.82) is 0 Å². The third-order valence-electron chi connectivity index (χ3n) is 1.77. The van der Waals surface area contributed by atoms with E-state index in [4.69, 9.17) is 14.4 Å². The summed E-state index contributed by atoms with van der Waals surface area (Å²) in [4.78, 5) is 14.2. The molecule has 2 N–H and O–H groups in total. The number of aromatic nitrogens is 1. The number of pyridine rings is 1. The van der Waals surface area contributed by atoms with Gasteiger partial charge < -0.3 is 9.84 Å². The van der Waals surface area contributed by atoms with Crippen LogP contribution in [0.15, 0.2) is 18.3 Å². The molecule has 0 saturated carbocycles. The van der Waals surface area contributed by atoms with Crippen LogP contribution < -0.4 is 0 Å². The second kappa shape index (κ2) is 6.40. The average Bonchev–Trinajstić information content (AvgIpc) is 2.27. The van der Waals surface area contributed by atoms with Gasteiger partial charge in [-0.1, -0.05) is 0 Å². The summed E-state index contributed by atoms with van der Waals surface area (Å²) in [6.07, 6.45) is 1.33. The maximum atomic E-state index is 10.6. The summed E-state index contributed by atoms with van der Waals surface area (Å²) in [5.74, 6) is -1.15. The van der Waals surface area contributed by atoms with E-state index in [1.165, 1.54) is 12.3 Å².